The molecule has 0 aromatic heterocycles. The van der Waals surface area contributed by atoms with E-state index in [0.717, 1.165) is 53.5 Å². The molecule has 0 radical (unpaired) electrons. The van der Waals surface area contributed by atoms with Crippen LogP contribution in [-0.2, 0) is 4.74 Å². The third-order valence-corrected chi connectivity index (χ3v) is 7.31. The summed E-state index contributed by atoms with van der Waals surface area (Å²) in [5.74, 6) is 0. The highest BCUT2D eigenvalue weighted by Crippen LogP contribution is 2.41. The molecule has 4 rings (SSSR count). The second kappa shape index (κ2) is 11.2. The van der Waals surface area contributed by atoms with E-state index in [1.54, 1.807) is 6.92 Å². The first-order chi connectivity index (χ1) is 16.9. The molecule has 1 amide bonds. The van der Waals surface area contributed by atoms with Gasteiger partial charge in [-0.15, -0.1) is 0 Å². The number of amides is 1. The van der Waals surface area contributed by atoms with Gasteiger partial charge in [-0.05, 0) is 71.8 Å². The second-order valence-electron chi connectivity index (χ2n) is 8.41. The average Bonchev–Trinajstić information content (AvgIpc) is 2.84. The predicted molar refractivity (Wildman–Crippen MR) is 151 cm³/mol. The maximum absolute atomic E-state index is 12.7. The van der Waals surface area contributed by atoms with Gasteiger partial charge in [0.15, 0.2) is 0 Å². The summed E-state index contributed by atoms with van der Waals surface area (Å²) in [7, 11) is 0. The summed E-state index contributed by atoms with van der Waals surface area (Å²) < 4.78 is 7.08. The number of halogens is 2. The minimum atomic E-state index is -0.450. The lowest BCUT2D eigenvalue weighted by molar-refractivity contribution is 0.149. The van der Waals surface area contributed by atoms with Gasteiger partial charge in [-0.2, -0.15) is 0 Å². The van der Waals surface area contributed by atoms with Gasteiger partial charge in [0.05, 0.1) is 12.6 Å². The summed E-state index contributed by atoms with van der Waals surface area (Å²) >= 11 is 7.60. The molecule has 4 aromatic rings. The standard InChI is InChI=1S/C30H27Br2NO2/c1-4-35-30(34)33-29(27-19(2)15-23(16-20(27)3)21-11-7-5-8-12-21)28-25(31)17-24(18-26(28)32)22-13-9-6-10-14-22/h5-18,29H,4H2,1-3H3,(H,33,34). The molecule has 1 unspecified atom stereocenters. The molecule has 0 spiro atoms. The summed E-state index contributed by atoms with van der Waals surface area (Å²) in [6.07, 6.45) is -0.450. The highest BCUT2D eigenvalue weighted by atomic mass is 79.9. The molecule has 3 nitrogen and oxygen atoms in total. The van der Waals surface area contributed by atoms with Crippen LogP contribution in [0.15, 0.2) is 93.9 Å². The van der Waals surface area contributed by atoms with Crippen LogP contribution in [-0.4, -0.2) is 12.7 Å². The molecular formula is C30H27Br2NO2. The Morgan fingerprint density at radius 2 is 1.20 bits per heavy atom. The molecule has 35 heavy (non-hydrogen) atoms. The van der Waals surface area contributed by atoms with Crippen LogP contribution in [0, 0.1) is 13.8 Å². The lowest BCUT2D eigenvalue weighted by atomic mass is 9.88. The summed E-state index contributed by atoms with van der Waals surface area (Å²) in [5.41, 5.74) is 8.69. The predicted octanol–water partition coefficient (Wildman–Crippen LogP) is 9.00. The van der Waals surface area contributed by atoms with Crippen molar-refractivity contribution in [3.63, 3.8) is 0 Å². The molecule has 0 fully saturated rings. The van der Waals surface area contributed by atoms with Gasteiger partial charge in [0.25, 0.3) is 0 Å². The summed E-state index contributed by atoms with van der Waals surface area (Å²) in [6.45, 7) is 6.29. The number of nitrogens with one attached hydrogen (secondary N) is 1. The molecule has 0 heterocycles. The Kier molecular flexibility index (Phi) is 8.09. The number of ether oxygens (including phenoxy) is 1. The molecule has 0 saturated carbocycles. The van der Waals surface area contributed by atoms with Crippen LogP contribution in [0.1, 0.15) is 35.2 Å². The van der Waals surface area contributed by atoms with Crippen molar-refractivity contribution in [1.29, 1.82) is 0 Å². The smallest absolute Gasteiger partial charge is 0.407 e. The van der Waals surface area contributed by atoms with Crippen molar-refractivity contribution in [2.75, 3.05) is 6.61 Å². The Morgan fingerprint density at radius 1 is 0.743 bits per heavy atom. The molecule has 0 saturated heterocycles. The maximum atomic E-state index is 12.7. The van der Waals surface area contributed by atoms with E-state index in [1.165, 1.54) is 0 Å². The van der Waals surface area contributed by atoms with E-state index in [4.69, 9.17) is 4.74 Å². The zero-order valence-corrected chi connectivity index (χ0v) is 23.1. The normalized spacial score (nSPS) is 11.7. The van der Waals surface area contributed by atoms with Gasteiger partial charge in [-0.1, -0.05) is 105 Å². The van der Waals surface area contributed by atoms with E-state index in [-0.39, 0.29) is 0 Å². The zero-order chi connectivity index (χ0) is 24.9. The van der Waals surface area contributed by atoms with Gasteiger partial charge in [0.2, 0.25) is 0 Å². The number of carbonyl (C=O) groups excluding carboxylic acids is 1. The van der Waals surface area contributed by atoms with Crippen LogP contribution in [0.2, 0.25) is 0 Å². The van der Waals surface area contributed by atoms with Crippen LogP contribution in [0.5, 0.6) is 0 Å². The van der Waals surface area contributed by atoms with E-state index in [9.17, 15) is 4.79 Å². The molecule has 0 bridgehead atoms. The largest absolute Gasteiger partial charge is 0.450 e. The summed E-state index contributed by atoms with van der Waals surface area (Å²) in [5, 5.41) is 3.11. The molecule has 0 aliphatic carbocycles. The summed E-state index contributed by atoms with van der Waals surface area (Å²) in [4.78, 5) is 12.7. The first-order valence-corrected chi connectivity index (χ1v) is 13.1. The van der Waals surface area contributed by atoms with Crippen LogP contribution in [0.4, 0.5) is 4.79 Å². The van der Waals surface area contributed by atoms with Crippen molar-refractivity contribution in [2.45, 2.75) is 26.8 Å². The number of hydrogen-bond acceptors (Lipinski definition) is 2. The van der Waals surface area contributed by atoms with Gasteiger partial charge in [0.1, 0.15) is 0 Å². The maximum Gasteiger partial charge on any atom is 0.407 e. The van der Waals surface area contributed by atoms with Crippen molar-refractivity contribution in [1.82, 2.24) is 5.32 Å². The van der Waals surface area contributed by atoms with Crippen LogP contribution < -0.4 is 5.32 Å². The lowest BCUT2D eigenvalue weighted by Crippen LogP contribution is -2.31. The fraction of sp³-hybridized carbons (Fsp3) is 0.167. The first kappa shape index (κ1) is 25.2. The molecule has 178 valence electrons. The van der Waals surface area contributed by atoms with Crippen LogP contribution >= 0.6 is 31.9 Å². The Morgan fingerprint density at radius 3 is 1.66 bits per heavy atom. The third kappa shape index (κ3) is 5.68. The molecule has 0 aliphatic rings. The number of rotatable bonds is 6. The van der Waals surface area contributed by atoms with Crippen molar-refractivity contribution in [3.8, 4) is 22.3 Å². The lowest BCUT2D eigenvalue weighted by Gasteiger charge is -2.26. The fourth-order valence-electron chi connectivity index (χ4n) is 4.46. The SMILES string of the molecule is CCOC(=O)NC(c1c(C)cc(-c2ccccc2)cc1C)c1c(Br)cc(-c2ccccc2)cc1Br. The fourth-order valence-corrected chi connectivity index (χ4v) is 6.11. The highest BCUT2D eigenvalue weighted by molar-refractivity contribution is 9.11. The minimum Gasteiger partial charge on any atom is -0.450 e. The van der Waals surface area contributed by atoms with Crippen molar-refractivity contribution in [3.05, 3.63) is 116 Å². The molecule has 0 aliphatic heterocycles. The topological polar surface area (TPSA) is 38.3 Å². The number of alkyl carbamates (subject to hydrolysis) is 1. The van der Waals surface area contributed by atoms with Crippen LogP contribution in [0.3, 0.4) is 0 Å². The second-order valence-corrected chi connectivity index (χ2v) is 10.1. The van der Waals surface area contributed by atoms with E-state index in [1.807, 2.05) is 36.4 Å². The van der Waals surface area contributed by atoms with Crippen LogP contribution in [0.25, 0.3) is 22.3 Å². The van der Waals surface area contributed by atoms with Gasteiger partial charge in [-0.3, -0.25) is 0 Å². The Bertz CT molecular complexity index is 1200. The van der Waals surface area contributed by atoms with Gasteiger partial charge in [-0.25, -0.2) is 4.79 Å². The minimum absolute atomic E-state index is 0.304. The molecule has 4 aromatic carbocycles. The van der Waals surface area contributed by atoms with E-state index < -0.39 is 12.1 Å². The van der Waals surface area contributed by atoms with Crippen molar-refractivity contribution in [2.24, 2.45) is 0 Å². The van der Waals surface area contributed by atoms with E-state index >= 15 is 0 Å². The molecule has 1 atom stereocenters. The summed E-state index contributed by atoms with van der Waals surface area (Å²) in [6, 6.07) is 28.7. The van der Waals surface area contributed by atoms with E-state index in [2.05, 4.69) is 99.6 Å². The molecule has 1 N–H and O–H groups in total. The number of hydrogen-bond donors (Lipinski definition) is 1. The van der Waals surface area contributed by atoms with Crippen molar-refractivity contribution >= 4 is 38.0 Å². The molecular weight excluding hydrogens is 566 g/mol. The monoisotopic (exact) mass is 591 g/mol. The van der Waals surface area contributed by atoms with E-state index in [0.29, 0.717) is 6.61 Å². The Balaban J connectivity index is 1.84. The zero-order valence-electron chi connectivity index (χ0n) is 19.9. The van der Waals surface area contributed by atoms with Gasteiger partial charge >= 0.3 is 6.09 Å². The highest BCUT2D eigenvalue weighted by Gasteiger charge is 2.26. The number of carbonyl (C=O) groups is 1. The van der Waals surface area contributed by atoms with Crippen molar-refractivity contribution < 1.29 is 9.53 Å². The Hall–Kier alpha value is -2.89. The Labute approximate surface area is 223 Å². The van der Waals surface area contributed by atoms with Gasteiger partial charge < -0.3 is 10.1 Å². The molecule has 5 heteroatoms. The number of aryl methyl sites for hydroxylation is 2. The average molecular weight is 593 g/mol. The third-order valence-electron chi connectivity index (χ3n) is 6.00. The first-order valence-electron chi connectivity index (χ1n) is 11.5. The van der Waals surface area contributed by atoms with Gasteiger partial charge in [0, 0.05) is 14.5 Å². The quantitative estimate of drug-likeness (QED) is 0.242. The number of benzene rings is 4.